The number of amides is 1. The van der Waals surface area contributed by atoms with Crippen LogP contribution in [0.5, 0.6) is 0 Å². The summed E-state index contributed by atoms with van der Waals surface area (Å²) in [6.45, 7) is 6.60. The Morgan fingerprint density at radius 3 is 2.68 bits per heavy atom. The van der Waals surface area contributed by atoms with Crippen molar-refractivity contribution in [3.05, 3.63) is 84.2 Å². The zero-order chi connectivity index (χ0) is 19.9. The van der Waals surface area contributed by atoms with E-state index in [1.807, 2.05) is 37.3 Å². The van der Waals surface area contributed by atoms with Gasteiger partial charge in [0.1, 0.15) is 5.82 Å². The zero-order valence-corrected chi connectivity index (χ0v) is 16.1. The van der Waals surface area contributed by atoms with Crippen LogP contribution in [0.1, 0.15) is 36.8 Å². The van der Waals surface area contributed by atoms with Crippen molar-refractivity contribution < 1.29 is 14.0 Å². The van der Waals surface area contributed by atoms with Gasteiger partial charge in [0.05, 0.1) is 18.2 Å². The van der Waals surface area contributed by atoms with E-state index in [1.165, 1.54) is 6.07 Å². The van der Waals surface area contributed by atoms with E-state index in [0.29, 0.717) is 37.2 Å². The number of carbonyl (C=O) groups is 1. The predicted molar refractivity (Wildman–Crippen MR) is 109 cm³/mol. The lowest BCUT2D eigenvalue weighted by Crippen LogP contribution is -2.40. The molecule has 1 aliphatic heterocycles. The summed E-state index contributed by atoms with van der Waals surface area (Å²) in [4.78, 5) is 20.4. The maximum Gasteiger partial charge on any atom is 0.230 e. The van der Waals surface area contributed by atoms with Crippen molar-refractivity contribution in [3.63, 3.8) is 0 Å². The van der Waals surface area contributed by atoms with Gasteiger partial charge < -0.3 is 9.74 Å². The van der Waals surface area contributed by atoms with Crippen LogP contribution in [-0.4, -0.2) is 35.7 Å². The van der Waals surface area contributed by atoms with Crippen LogP contribution in [0.3, 0.4) is 0 Å². The van der Waals surface area contributed by atoms with Gasteiger partial charge in [-0.25, -0.2) is 4.39 Å². The third-order valence-corrected chi connectivity index (χ3v) is 4.91. The fourth-order valence-corrected chi connectivity index (χ4v) is 3.50. The number of hydrogen-bond acceptors (Lipinski definition) is 3. The molecule has 0 saturated carbocycles. The summed E-state index contributed by atoms with van der Waals surface area (Å²) in [7, 11) is 0. The van der Waals surface area contributed by atoms with E-state index >= 15 is 0 Å². The van der Waals surface area contributed by atoms with Gasteiger partial charge in [0.2, 0.25) is 5.91 Å². The average Bonchev–Trinajstić information content (AvgIpc) is 3.17. The lowest BCUT2D eigenvalue weighted by molar-refractivity contribution is -0.134. The topological polar surface area (TPSA) is 41.9 Å². The Balaban J connectivity index is 1.69. The molecule has 146 valence electrons. The molecular weight excluding hydrogens is 355 g/mol. The van der Waals surface area contributed by atoms with Gasteiger partial charge in [-0.1, -0.05) is 66.7 Å². The highest BCUT2D eigenvalue weighted by atomic mass is 19.1. The highest BCUT2D eigenvalue weighted by Crippen LogP contribution is 2.24. The molecule has 0 spiro atoms. The first-order valence-electron chi connectivity index (χ1n) is 9.56. The fraction of sp³-hybridized carbons (Fsp3) is 0.304. The Morgan fingerprint density at radius 2 is 2.00 bits per heavy atom. The Hall–Kier alpha value is -2.95. The summed E-state index contributed by atoms with van der Waals surface area (Å²) in [6, 6.07) is 16.3. The largest absolute Gasteiger partial charge is 0.390 e. The smallest absolute Gasteiger partial charge is 0.230 e. The van der Waals surface area contributed by atoms with Gasteiger partial charge in [0.25, 0.3) is 0 Å². The van der Waals surface area contributed by atoms with E-state index in [4.69, 9.17) is 4.84 Å². The van der Waals surface area contributed by atoms with Crippen LogP contribution in [-0.2, 0) is 9.63 Å². The molecule has 2 atom stereocenters. The van der Waals surface area contributed by atoms with Gasteiger partial charge >= 0.3 is 0 Å². The summed E-state index contributed by atoms with van der Waals surface area (Å²) < 4.78 is 14.0. The van der Waals surface area contributed by atoms with Gasteiger partial charge in [0, 0.05) is 18.5 Å². The zero-order valence-electron chi connectivity index (χ0n) is 16.1. The normalized spacial score (nSPS) is 16.8. The molecule has 0 aromatic heterocycles. The molecule has 0 N–H and O–H groups in total. The lowest BCUT2D eigenvalue weighted by Gasteiger charge is -2.27. The molecule has 1 amide bonds. The average molecular weight is 380 g/mol. The van der Waals surface area contributed by atoms with Crippen LogP contribution < -0.4 is 0 Å². The molecule has 1 aliphatic rings. The highest BCUT2D eigenvalue weighted by Gasteiger charge is 2.30. The van der Waals surface area contributed by atoms with E-state index in [0.717, 1.165) is 5.56 Å². The second-order valence-electron chi connectivity index (χ2n) is 6.85. The Kier molecular flexibility index (Phi) is 6.58. The third-order valence-electron chi connectivity index (χ3n) is 4.91. The summed E-state index contributed by atoms with van der Waals surface area (Å²) in [5.74, 6) is -0.495. The molecule has 0 radical (unpaired) electrons. The summed E-state index contributed by atoms with van der Waals surface area (Å²) in [6.07, 6.45) is 2.58. The SMILES string of the molecule is C=CCN(C[C@@H]1CC(c2ccccc2F)=NO1)C(=O)[C@@H](CC)c1ccccc1. The van der Waals surface area contributed by atoms with E-state index in [2.05, 4.69) is 11.7 Å². The molecule has 2 aromatic rings. The number of hydrogen-bond donors (Lipinski definition) is 0. The lowest BCUT2D eigenvalue weighted by atomic mass is 9.94. The van der Waals surface area contributed by atoms with E-state index in [9.17, 15) is 9.18 Å². The van der Waals surface area contributed by atoms with Gasteiger partial charge in [-0.05, 0) is 18.1 Å². The number of benzene rings is 2. The molecule has 0 aliphatic carbocycles. The highest BCUT2D eigenvalue weighted by molar-refractivity contribution is 6.01. The molecular formula is C23H25FN2O2. The minimum atomic E-state index is -0.320. The van der Waals surface area contributed by atoms with Crippen LogP contribution in [0, 0.1) is 5.82 Å². The third kappa shape index (κ3) is 4.47. The van der Waals surface area contributed by atoms with Crippen LogP contribution in [0.25, 0.3) is 0 Å². The van der Waals surface area contributed by atoms with Crippen LogP contribution >= 0.6 is 0 Å². The van der Waals surface area contributed by atoms with E-state index in [1.54, 1.807) is 29.2 Å². The van der Waals surface area contributed by atoms with Crippen LogP contribution in [0.2, 0.25) is 0 Å². The predicted octanol–water partition coefficient (Wildman–Crippen LogP) is 4.53. The molecule has 0 saturated heterocycles. The summed E-state index contributed by atoms with van der Waals surface area (Å²) in [5.41, 5.74) is 2.02. The first-order chi connectivity index (χ1) is 13.6. The summed E-state index contributed by atoms with van der Waals surface area (Å²) in [5, 5.41) is 4.06. The molecule has 3 rings (SSSR count). The van der Waals surface area contributed by atoms with Crippen molar-refractivity contribution in [1.29, 1.82) is 0 Å². The van der Waals surface area contributed by atoms with Crippen molar-refractivity contribution in [2.75, 3.05) is 13.1 Å². The Bertz CT molecular complexity index is 851. The molecule has 0 unspecified atom stereocenters. The van der Waals surface area contributed by atoms with Crippen molar-refractivity contribution in [2.24, 2.45) is 5.16 Å². The standard InChI is InChI=1S/C23H25FN2O2/c1-3-14-26(23(27)19(4-2)17-10-6-5-7-11-17)16-18-15-22(25-28-18)20-12-8-9-13-21(20)24/h3,5-13,18-19H,1,4,14-16H2,2H3/t18-,19-/m0/s1. The molecule has 5 heteroatoms. The monoisotopic (exact) mass is 380 g/mol. The van der Waals surface area contributed by atoms with Crippen molar-refractivity contribution in [3.8, 4) is 0 Å². The Morgan fingerprint density at radius 1 is 1.29 bits per heavy atom. The maximum atomic E-state index is 14.0. The van der Waals surface area contributed by atoms with Crippen molar-refractivity contribution >= 4 is 11.6 Å². The second-order valence-corrected chi connectivity index (χ2v) is 6.85. The molecule has 2 aromatic carbocycles. The van der Waals surface area contributed by atoms with Crippen molar-refractivity contribution in [2.45, 2.75) is 31.8 Å². The maximum absolute atomic E-state index is 14.0. The molecule has 1 heterocycles. The van der Waals surface area contributed by atoms with Crippen LogP contribution in [0.4, 0.5) is 4.39 Å². The number of nitrogens with zero attached hydrogens (tertiary/aromatic N) is 2. The summed E-state index contributed by atoms with van der Waals surface area (Å²) >= 11 is 0. The molecule has 28 heavy (non-hydrogen) atoms. The second kappa shape index (κ2) is 9.31. The number of halogens is 1. The van der Waals surface area contributed by atoms with Crippen LogP contribution in [0.15, 0.2) is 72.4 Å². The fourth-order valence-electron chi connectivity index (χ4n) is 3.50. The van der Waals surface area contributed by atoms with Gasteiger partial charge in [-0.3, -0.25) is 4.79 Å². The Labute approximate surface area is 165 Å². The molecule has 0 fully saturated rings. The molecule has 0 bridgehead atoms. The number of carbonyl (C=O) groups excluding carboxylic acids is 1. The first-order valence-corrected chi connectivity index (χ1v) is 9.56. The molecule has 4 nitrogen and oxygen atoms in total. The van der Waals surface area contributed by atoms with Gasteiger partial charge in [-0.2, -0.15) is 0 Å². The quantitative estimate of drug-likeness (QED) is 0.632. The minimum Gasteiger partial charge on any atom is -0.390 e. The number of oxime groups is 1. The van der Waals surface area contributed by atoms with E-state index in [-0.39, 0.29) is 23.7 Å². The van der Waals surface area contributed by atoms with Gasteiger partial charge in [0.15, 0.2) is 6.10 Å². The minimum absolute atomic E-state index is 0.0385. The van der Waals surface area contributed by atoms with Gasteiger partial charge in [-0.15, -0.1) is 6.58 Å². The van der Waals surface area contributed by atoms with E-state index < -0.39 is 0 Å². The first kappa shape index (κ1) is 19.8. The van der Waals surface area contributed by atoms with Crippen molar-refractivity contribution in [1.82, 2.24) is 4.90 Å². The number of rotatable bonds is 8.